The summed E-state index contributed by atoms with van der Waals surface area (Å²) in [6, 6.07) is 4.02. The van der Waals surface area contributed by atoms with Gasteiger partial charge in [-0.2, -0.15) is 0 Å². The molecule has 1 heterocycles. The molecular weight excluding hydrogens is 194 g/mol. The molecule has 0 amide bonds. The zero-order valence-corrected chi connectivity index (χ0v) is 10.5. The van der Waals surface area contributed by atoms with E-state index in [2.05, 4.69) is 24.2 Å². The molecule has 0 spiro atoms. The summed E-state index contributed by atoms with van der Waals surface area (Å²) in [6.07, 6.45) is 17.0. The molecule has 89 valence electrons. The third-order valence-electron chi connectivity index (χ3n) is 3.00. The average Bonchev–Trinajstić information content (AvgIpc) is 2.34. The van der Waals surface area contributed by atoms with E-state index < -0.39 is 0 Å². The van der Waals surface area contributed by atoms with E-state index >= 15 is 0 Å². The number of aryl methyl sites for hydroxylation is 1. The van der Waals surface area contributed by atoms with Gasteiger partial charge < -0.3 is 0 Å². The van der Waals surface area contributed by atoms with Gasteiger partial charge >= 0.3 is 0 Å². The predicted octanol–water partition coefficient (Wildman–Crippen LogP) is 4.56. The Morgan fingerprint density at radius 1 is 1.00 bits per heavy atom. The Balaban J connectivity index is 1.89. The van der Waals surface area contributed by atoms with Crippen molar-refractivity contribution in [3.8, 4) is 0 Å². The Bertz CT molecular complexity index is 243. The lowest BCUT2D eigenvalue weighted by Crippen LogP contribution is -1.87. The molecule has 0 aromatic carbocycles. The molecule has 0 N–H and O–H groups in total. The molecule has 1 nitrogen and oxygen atoms in total. The third kappa shape index (κ3) is 6.60. The number of pyridine rings is 1. The molecule has 0 atom stereocenters. The van der Waals surface area contributed by atoms with Gasteiger partial charge in [-0.25, -0.2) is 0 Å². The first kappa shape index (κ1) is 13.2. The number of aromatic nitrogens is 1. The van der Waals surface area contributed by atoms with Gasteiger partial charge in [0.15, 0.2) is 0 Å². The van der Waals surface area contributed by atoms with Gasteiger partial charge in [-0.15, -0.1) is 0 Å². The van der Waals surface area contributed by atoms with Crippen LogP contribution in [-0.2, 0) is 6.42 Å². The molecule has 1 aromatic heterocycles. The number of hydrogen-bond donors (Lipinski definition) is 0. The van der Waals surface area contributed by atoms with Crippen LogP contribution in [0.15, 0.2) is 18.3 Å². The van der Waals surface area contributed by atoms with Gasteiger partial charge in [0.2, 0.25) is 0 Å². The second kappa shape index (κ2) is 9.38. The Labute approximate surface area is 100 Å². The first-order chi connectivity index (χ1) is 7.93. The summed E-state index contributed by atoms with van der Waals surface area (Å²) < 4.78 is 0. The molecule has 0 aliphatic rings. The monoisotopic (exact) mass is 218 g/mol. The van der Waals surface area contributed by atoms with Gasteiger partial charge in [-0.1, -0.05) is 57.9 Å². The highest BCUT2D eigenvalue weighted by molar-refractivity contribution is 5.07. The van der Waals surface area contributed by atoms with Crippen LogP contribution in [0.5, 0.6) is 0 Å². The smallest absolute Gasteiger partial charge is 0.0886 e. The van der Waals surface area contributed by atoms with E-state index in [1.165, 1.54) is 63.4 Å². The minimum Gasteiger partial charge on any atom is -0.254 e. The maximum absolute atomic E-state index is 4.01. The number of unbranched alkanes of at least 4 members (excludes halogenated alkanes) is 7. The molecule has 16 heavy (non-hydrogen) atoms. The van der Waals surface area contributed by atoms with Crippen molar-refractivity contribution in [3.05, 3.63) is 30.1 Å². The summed E-state index contributed by atoms with van der Waals surface area (Å²) in [6.45, 7) is 2.27. The van der Waals surface area contributed by atoms with Crippen LogP contribution < -0.4 is 0 Å². The normalized spacial score (nSPS) is 10.6. The average molecular weight is 218 g/mol. The van der Waals surface area contributed by atoms with Crippen LogP contribution in [0.3, 0.4) is 0 Å². The Kier molecular flexibility index (Phi) is 7.75. The Morgan fingerprint density at radius 3 is 2.31 bits per heavy atom. The summed E-state index contributed by atoms with van der Waals surface area (Å²) in [5.41, 5.74) is 1.35. The van der Waals surface area contributed by atoms with E-state index in [0.717, 1.165) is 0 Å². The van der Waals surface area contributed by atoms with Gasteiger partial charge in [0.05, 0.1) is 6.20 Å². The van der Waals surface area contributed by atoms with Crippen molar-refractivity contribution in [3.63, 3.8) is 0 Å². The first-order valence-corrected chi connectivity index (χ1v) is 6.74. The quantitative estimate of drug-likeness (QED) is 0.553. The van der Waals surface area contributed by atoms with E-state index in [-0.39, 0.29) is 0 Å². The van der Waals surface area contributed by atoms with E-state index in [9.17, 15) is 0 Å². The van der Waals surface area contributed by atoms with Gasteiger partial charge in [0.25, 0.3) is 0 Å². The highest BCUT2D eigenvalue weighted by Crippen LogP contribution is 2.10. The fourth-order valence-corrected chi connectivity index (χ4v) is 1.96. The molecule has 0 saturated carbocycles. The maximum atomic E-state index is 4.01. The standard InChI is InChI=1S/C15H24N/c1-2-3-4-5-6-7-8-9-11-15-12-10-13-16-14-15/h10,12,14H,2-9,11H2,1H3. The van der Waals surface area contributed by atoms with Crippen molar-refractivity contribution in [1.29, 1.82) is 0 Å². The second-order valence-electron chi connectivity index (χ2n) is 4.52. The van der Waals surface area contributed by atoms with Crippen molar-refractivity contribution in [2.24, 2.45) is 0 Å². The topological polar surface area (TPSA) is 12.9 Å². The van der Waals surface area contributed by atoms with Gasteiger partial charge in [0, 0.05) is 6.20 Å². The van der Waals surface area contributed by atoms with Crippen LogP contribution in [0, 0.1) is 6.20 Å². The van der Waals surface area contributed by atoms with Crippen LogP contribution in [0.2, 0.25) is 0 Å². The molecule has 0 aliphatic carbocycles. The van der Waals surface area contributed by atoms with E-state index in [1.54, 1.807) is 0 Å². The van der Waals surface area contributed by atoms with Crippen LogP contribution in [0.1, 0.15) is 63.9 Å². The summed E-state index contributed by atoms with van der Waals surface area (Å²) in [7, 11) is 0. The molecule has 0 saturated heterocycles. The van der Waals surface area contributed by atoms with E-state index in [0.29, 0.717) is 0 Å². The lowest BCUT2D eigenvalue weighted by atomic mass is 10.1. The second-order valence-corrected chi connectivity index (χ2v) is 4.52. The molecule has 1 radical (unpaired) electrons. The van der Waals surface area contributed by atoms with Gasteiger partial charge in [-0.3, -0.25) is 4.98 Å². The molecule has 0 bridgehead atoms. The predicted molar refractivity (Wildman–Crippen MR) is 69.4 cm³/mol. The van der Waals surface area contributed by atoms with Crippen molar-refractivity contribution in [1.82, 2.24) is 4.98 Å². The van der Waals surface area contributed by atoms with Crippen molar-refractivity contribution < 1.29 is 0 Å². The zero-order chi connectivity index (χ0) is 11.5. The fraction of sp³-hybridized carbons (Fsp3) is 0.667. The van der Waals surface area contributed by atoms with Crippen molar-refractivity contribution in [2.75, 3.05) is 0 Å². The number of hydrogen-bond acceptors (Lipinski definition) is 1. The maximum Gasteiger partial charge on any atom is 0.0886 e. The summed E-state index contributed by atoms with van der Waals surface area (Å²) in [5.74, 6) is 0. The summed E-state index contributed by atoms with van der Waals surface area (Å²) in [5, 5.41) is 0. The number of nitrogens with zero attached hydrogens (tertiary/aromatic N) is 1. The molecule has 0 unspecified atom stereocenters. The molecule has 0 fully saturated rings. The number of rotatable bonds is 9. The van der Waals surface area contributed by atoms with Gasteiger partial charge in [-0.05, 0) is 24.5 Å². The minimum atomic E-state index is 1.18. The first-order valence-electron chi connectivity index (χ1n) is 6.74. The van der Waals surface area contributed by atoms with Crippen LogP contribution in [0.4, 0.5) is 0 Å². The minimum absolute atomic E-state index is 1.18. The molecule has 0 aliphatic heterocycles. The van der Waals surface area contributed by atoms with Gasteiger partial charge in [0.1, 0.15) is 0 Å². The van der Waals surface area contributed by atoms with Crippen LogP contribution in [0.25, 0.3) is 0 Å². The lowest BCUT2D eigenvalue weighted by molar-refractivity contribution is 0.575. The SMILES string of the molecule is CCCCCCCCCCc1cc[c]nc1. The highest BCUT2D eigenvalue weighted by Gasteiger charge is 1.94. The molecule has 1 rings (SSSR count). The van der Waals surface area contributed by atoms with E-state index in [4.69, 9.17) is 0 Å². The van der Waals surface area contributed by atoms with Crippen molar-refractivity contribution >= 4 is 0 Å². The fourth-order valence-electron chi connectivity index (χ4n) is 1.96. The van der Waals surface area contributed by atoms with Crippen molar-refractivity contribution in [2.45, 2.75) is 64.7 Å². The highest BCUT2D eigenvalue weighted by atomic mass is 14.6. The third-order valence-corrected chi connectivity index (χ3v) is 3.00. The van der Waals surface area contributed by atoms with Crippen LogP contribution >= 0.6 is 0 Å². The Hall–Kier alpha value is -0.850. The summed E-state index contributed by atoms with van der Waals surface area (Å²) >= 11 is 0. The summed E-state index contributed by atoms with van der Waals surface area (Å²) in [4.78, 5) is 4.01. The van der Waals surface area contributed by atoms with Crippen LogP contribution in [-0.4, -0.2) is 4.98 Å². The zero-order valence-electron chi connectivity index (χ0n) is 10.5. The molecule has 1 aromatic rings. The molecular formula is C15H24N. The largest absolute Gasteiger partial charge is 0.254 e. The molecule has 1 heteroatoms. The lowest BCUT2D eigenvalue weighted by Gasteiger charge is -2.01. The van der Waals surface area contributed by atoms with E-state index in [1.807, 2.05) is 12.3 Å². The Morgan fingerprint density at radius 2 is 1.69 bits per heavy atom.